The van der Waals surface area contributed by atoms with Gasteiger partial charge in [0.1, 0.15) is 35.9 Å². The van der Waals surface area contributed by atoms with Gasteiger partial charge in [-0.15, -0.1) is 5.10 Å². The quantitative estimate of drug-likeness (QED) is 0.348. The summed E-state index contributed by atoms with van der Waals surface area (Å²) < 4.78 is 24.7. The summed E-state index contributed by atoms with van der Waals surface area (Å²) in [5.41, 5.74) is 1.52. The number of aliphatic hydroxyl groups is 4. The highest BCUT2D eigenvalue weighted by Gasteiger charge is 2.45. The predicted molar refractivity (Wildman–Crippen MR) is 129 cm³/mol. The second-order valence-corrected chi connectivity index (χ2v) is 8.88. The van der Waals surface area contributed by atoms with E-state index in [1.807, 2.05) is 68.4 Å². The SMILES string of the molecule is COc1ccc(Cc2c(O[C@@H]3O[C@H](CO)[C@@H](O)[C@H](O)[C@H]3O)nn(C(C)C)c2Oc2ccccc2)cc1. The minimum Gasteiger partial charge on any atom is -0.497 e. The third kappa shape index (κ3) is 5.48. The molecular weight excluding hydrogens is 468 g/mol. The van der Waals surface area contributed by atoms with E-state index in [0.29, 0.717) is 23.6 Å². The lowest BCUT2D eigenvalue weighted by Gasteiger charge is -2.39. The molecule has 4 N–H and O–H groups in total. The standard InChI is InChI=1S/C26H32N2O8/c1-15(2)28-25(34-18-7-5-4-6-8-18)19(13-16-9-11-17(33-3)12-10-16)24(27-28)36-26-23(32)22(31)21(30)20(14-29)35-26/h4-12,15,20-23,26,29-32H,13-14H2,1-3H3/t20-,21-,22+,23-,26+/m1/s1. The summed E-state index contributed by atoms with van der Waals surface area (Å²) in [6.45, 7) is 3.33. The molecule has 0 bridgehead atoms. The molecule has 36 heavy (non-hydrogen) atoms. The summed E-state index contributed by atoms with van der Waals surface area (Å²) in [7, 11) is 1.60. The zero-order valence-corrected chi connectivity index (χ0v) is 20.4. The van der Waals surface area contributed by atoms with E-state index in [4.69, 9.17) is 18.9 Å². The number of benzene rings is 2. The molecule has 1 aliphatic heterocycles. The van der Waals surface area contributed by atoms with Crippen molar-refractivity contribution >= 4 is 0 Å². The molecule has 10 nitrogen and oxygen atoms in total. The van der Waals surface area contributed by atoms with Gasteiger partial charge in [0.25, 0.3) is 0 Å². The summed E-state index contributed by atoms with van der Waals surface area (Å²) in [5.74, 6) is 1.91. The zero-order valence-electron chi connectivity index (χ0n) is 20.4. The number of methoxy groups -OCH3 is 1. The molecule has 2 heterocycles. The van der Waals surface area contributed by atoms with Crippen LogP contribution in [0.3, 0.4) is 0 Å². The number of nitrogens with zero attached hydrogens (tertiary/aromatic N) is 2. The first-order chi connectivity index (χ1) is 17.3. The van der Waals surface area contributed by atoms with Gasteiger partial charge in [-0.05, 0) is 43.7 Å². The van der Waals surface area contributed by atoms with Crippen molar-refractivity contribution in [2.45, 2.75) is 57.0 Å². The Hall–Kier alpha value is -3.15. The van der Waals surface area contributed by atoms with Crippen LogP contribution < -0.4 is 14.2 Å². The molecule has 0 unspecified atom stereocenters. The maximum atomic E-state index is 10.5. The van der Waals surface area contributed by atoms with Crippen molar-refractivity contribution in [3.8, 4) is 23.3 Å². The van der Waals surface area contributed by atoms with Crippen LogP contribution in [0.4, 0.5) is 0 Å². The molecule has 194 valence electrons. The van der Waals surface area contributed by atoms with E-state index < -0.39 is 37.3 Å². The molecular formula is C26H32N2O8. The van der Waals surface area contributed by atoms with E-state index in [9.17, 15) is 20.4 Å². The number of para-hydroxylation sites is 1. The molecule has 0 amide bonds. The number of hydrogen-bond donors (Lipinski definition) is 4. The smallest absolute Gasteiger partial charge is 0.242 e. The van der Waals surface area contributed by atoms with Gasteiger partial charge in [-0.3, -0.25) is 0 Å². The van der Waals surface area contributed by atoms with Crippen LogP contribution in [-0.2, 0) is 11.2 Å². The lowest BCUT2D eigenvalue weighted by atomic mass is 9.99. The van der Waals surface area contributed by atoms with Crippen molar-refractivity contribution in [3.05, 3.63) is 65.7 Å². The maximum Gasteiger partial charge on any atom is 0.242 e. The van der Waals surface area contributed by atoms with Crippen molar-refractivity contribution in [2.24, 2.45) is 0 Å². The first-order valence-electron chi connectivity index (χ1n) is 11.8. The van der Waals surface area contributed by atoms with Crippen LogP contribution in [0, 0.1) is 0 Å². The minimum atomic E-state index is -1.57. The predicted octanol–water partition coefficient (Wildman–Crippen LogP) is 2.03. The molecule has 1 aromatic heterocycles. The fraction of sp³-hybridized carbons (Fsp3) is 0.423. The van der Waals surface area contributed by atoms with Crippen molar-refractivity contribution in [1.82, 2.24) is 9.78 Å². The Morgan fingerprint density at radius 3 is 2.25 bits per heavy atom. The fourth-order valence-electron chi connectivity index (χ4n) is 3.96. The van der Waals surface area contributed by atoms with Crippen molar-refractivity contribution in [1.29, 1.82) is 0 Å². The average molecular weight is 501 g/mol. The Bertz CT molecular complexity index is 1120. The fourth-order valence-corrected chi connectivity index (χ4v) is 3.96. The molecule has 2 aromatic carbocycles. The lowest BCUT2D eigenvalue weighted by Crippen LogP contribution is -2.60. The van der Waals surface area contributed by atoms with E-state index in [1.165, 1.54) is 0 Å². The van der Waals surface area contributed by atoms with E-state index >= 15 is 0 Å². The molecule has 10 heteroatoms. The van der Waals surface area contributed by atoms with Gasteiger partial charge in [-0.2, -0.15) is 0 Å². The summed E-state index contributed by atoms with van der Waals surface area (Å²) in [6, 6.07) is 16.7. The third-order valence-corrected chi connectivity index (χ3v) is 5.99. The van der Waals surface area contributed by atoms with E-state index in [-0.39, 0.29) is 11.9 Å². The van der Waals surface area contributed by atoms with Crippen LogP contribution in [0.15, 0.2) is 54.6 Å². The molecule has 0 spiro atoms. The van der Waals surface area contributed by atoms with E-state index in [1.54, 1.807) is 11.8 Å². The Balaban J connectivity index is 1.74. The highest BCUT2D eigenvalue weighted by atomic mass is 16.7. The molecule has 4 rings (SSSR count). The van der Waals surface area contributed by atoms with Crippen LogP contribution in [-0.4, -0.2) is 74.6 Å². The van der Waals surface area contributed by atoms with Crippen LogP contribution in [0.5, 0.6) is 23.3 Å². The van der Waals surface area contributed by atoms with Crippen LogP contribution in [0.25, 0.3) is 0 Å². The van der Waals surface area contributed by atoms with Gasteiger partial charge in [0.15, 0.2) is 0 Å². The van der Waals surface area contributed by atoms with Crippen LogP contribution in [0.1, 0.15) is 31.0 Å². The topological polar surface area (TPSA) is 136 Å². The summed E-state index contributed by atoms with van der Waals surface area (Å²) in [5, 5.41) is 45.0. The first kappa shape index (κ1) is 25.9. The second-order valence-electron chi connectivity index (χ2n) is 8.88. The molecule has 1 fully saturated rings. The van der Waals surface area contributed by atoms with Crippen molar-refractivity contribution < 1.29 is 39.4 Å². The second kappa shape index (κ2) is 11.3. The molecule has 3 aromatic rings. The van der Waals surface area contributed by atoms with Gasteiger partial charge in [0.05, 0.1) is 25.3 Å². The lowest BCUT2D eigenvalue weighted by molar-refractivity contribution is -0.278. The number of rotatable bonds is 9. The average Bonchev–Trinajstić information content (AvgIpc) is 3.22. The van der Waals surface area contributed by atoms with Crippen molar-refractivity contribution in [3.63, 3.8) is 0 Å². The summed E-state index contributed by atoms with van der Waals surface area (Å²) >= 11 is 0. The van der Waals surface area contributed by atoms with Crippen molar-refractivity contribution in [2.75, 3.05) is 13.7 Å². The normalized spacial score (nSPS) is 24.1. The molecule has 1 aliphatic rings. The van der Waals surface area contributed by atoms with E-state index in [0.717, 1.165) is 11.3 Å². The third-order valence-electron chi connectivity index (χ3n) is 5.99. The summed E-state index contributed by atoms with van der Waals surface area (Å²) in [6.07, 6.45) is -6.75. The maximum absolute atomic E-state index is 10.5. The Morgan fingerprint density at radius 2 is 1.64 bits per heavy atom. The van der Waals surface area contributed by atoms with Gasteiger partial charge in [0, 0.05) is 6.42 Å². The molecule has 0 saturated carbocycles. The number of hydrogen-bond acceptors (Lipinski definition) is 9. The Kier molecular flexibility index (Phi) is 8.12. The van der Waals surface area contributed by atoms with Gasteiger partial charge < -0.3 is 39.4 Å². The highest BCUT2D eigenvalue weighted by Crippen LogP contribution is 2.37. The highest BCUT2D eigenvalue weighted by molar-refractivity contribution is 5.44. The zero-order chi connectivity index (χ0) is 25.8. The molecule has 0 radical (unpaired) electrons. The van der Waals surface area contributed by atoms with Gasteiger partial charge in [-0.25, -0.2) is 4.68 Å². The van der Waals surface area contributed by atoms with Gasteiger partial charge in [-0.1, -0.05) is 30.3 Å². The van der Waals surface area contributed by atoms with Crippen LogP contribution in [0.2, 0.25) is 0 Å². The monoisotopic (exact) mass is 500 g/mol. The van der Waals surface area contributed by atoms with Crippen LogP contribution >= 0.6 is 0 Å². The Labute approximate surface area is 209 Å². The van der Waals surface area contributed by atoms with E-state index in [2.05, 4.69) is 5.10 Å². The Morgan fingerprint density at radius 1 is 0.944 bits per heavy atom. The summed E-state index contributed by atoms with van der Waals surface area (Å²) in [4.78, 5) is 0. The molecule has 5 atom stereocenters. The first-order valence-corrected chi connectivity index (χ1v) is 11.8. The number of aliphatic hydroxyl groups excluding tert-OH is 4. The van der Waals surface area contributed by atoms with Gasteiger partial charge in [0.2, 0.25) is 18.1 Å². The largest absolute Gasteiger partial charge is 0.497 e. The molecule has 0 aliphatic carbocycles. The molecule has 1 saturated heterocycles. The minimum absolute atomic E-state index is 0.106. The van der Waals surface area contributed by atoms with Gasteiger partial charge >= 0.3 is 0 Å². The number of aromatic nitrogens is 2. The number of ether oxygens (including phenoxy) is 4.